The fraction of sp³-hybridized carbons (Fsp3) is 0.250. The first-order valence-electron chi connectivity index (χ1n) is 8.78. The molecule has 0 spiro atoms. The monoisotopic (exact) mass is 382 g/mol. The predicted molar refractivity (Wildman–Crippen MR) is 106 cm³/mol. The molecular weight excluding hydrogens is 360 g/mol. The second kappa shape index (κ2) is 9.14. The van der Waals surface area contributed by atoms with Gasteiger partial charge >= 0.3 is 0 Å². The van der Waals surface area contributed by atoms with Crippen molar-refractivity contribution in [3.8, 4) is 5.69 Å². The lowest BCUT2D eigenvalue weighted by Crippen LogP contribution is -2.33. The summed E-state index contributed by atoms with van der Waals surface area (Å²) in [4.78, 5) is 24.6. The van der Waals surface area contributed by atoms with Crippen molar-refractivity contribution in [3.05, 3.63) is 70.7 Å². The maximum atomic E-state index is 12.3. The summed E-state index contributed by atoms with van der Waals surface area (Å²) in [5.41, 5.74) is 2.05. The Morgan fingerprint density at radius 3 is 2.70 bits per heavy atom. The third-order valence-corrected chi connectivity index (χ3v) is 5.03. The summed E-state index contributed by atoms with van der Waals surface area (Å²) in [6.45, 7) is 1.99. The van der Waals surface area contributed by atoms with Crippen LogP contribution in [-0.2, 0) is 16.0 Å². The van der Waals surface area contributed by atoms with Crippen molar-refractivity contribution < 1.29 is 9.59 Å². The van der Waals surface area contributed by atoms with E-state index in [1.807, 2.05) is 64.9 Å². The van der Waals surface area contributed by atoms with Crippen molar-refractivity contribution in [2.24, 2.45) is 0 Å². The number of thiophene rings is 1. The largest absolute Gasteiger partial charge is 0.356 e. The molecule has 140 valence electrons. The van der Waals surface area contributed by atoms with Gasteiger partial charge in [0.2, 0.25) is 11.8 Å². The number of nitrogens with zero attached hydrogens (tertiary/aromatic N) is 2. The number of carbonyl (C=O) groups is 2. The molecule has 3 aromatic rings. The van der Waals surface area contributed by atoms with Gasteiger partial charge in [-0.25, -0.2) is 4.68 Å². The van der Waals surface area contributed by atoms with Crippen LogP contribution in [0.4, 0.5) is 0 Å². The van der Waals surface area contributed by atoms with Crippen molar-refractivity contribution in [3.63, 3.8) is 0 Å². The van der Waals surface area contributed by atoms with Gasteiger partial charge in [0, 0.05) is 24.5 Å². The van der Waals surface area contributed by atoms with Crippen LogP contribution in [-0.4, -0.2) is 28.1 Å². The lowest BCUT2D eigenvalue weighted by atomic mass is 10.1. The third-order valence-electron chi connectivity index (χ3n) is 4.05. The van der Waals surface area contributed by atoms with Crippen LogP contribution < -0.4 is 10.6 Å². The SMILES string of the molecule is CC(=O)N[C@H](CC(=O)NCCc1cnn(-c2ccccc2)c1)c1cccs1. The minimum atomic E-state index is -0.289. The predicted octanol–water partition coefficient (Wildman–Crippen LogP) is 2.86. The normalized spacial score (nSPS) is 11.7. The van der Waals surface area contributed by atoms with Crippen LogP contribution in [0.2, 0.25) is 0 Å². The Bertz CT molecular complexity index is 875. The second-order valence-corrected chi connectivity index (χ2v) is 7.18. The van der Waals surface area contributed by atoms with E-state index in [-0.39, 0.29) is 24.3 Å². The van der Waals surface area contributed by atoms with Crippen LogP contribution in [0.5, 0.6) is 0 Å². The zero-order valence-corrected chi connectivity index (χ0v) is 15.9. The summed E-state index contributed by atoms with van der Waals surface area (Å²) >= 11 is 1.53. The summed E-state index contributed by atoms with van der Waals surface area (Å²) in [6, 6.07) is 13.4. The van der Waals surface area contributed by atoms with Crippen LogP contribution in [0.3, 0.4) is 0 Å². The number of para-hydroxylation sites is 1. The maximum absolute atomic E-state index is 12.3. The number of rotatable bonds is 8. The maximum Gasteiger partial charge on any atom is 0.222 e. The van der Waals surface area contributed by atoms with E-state index in [1.54, 1.807) is 0 Å². The highest BCUT2D eigenvalue weighted by Gasteiger charge is 2.17. The Balaban J connectivity index is 1.49. The van der Waals surface area contributed by atoms with E-state index in [2.05, 4.69) is 15.7 Å². The van der Waals surface area contributed by atoms with Crippen LogP contribution in [0.15, 0.2) is 60.2 Å². The molecule has 0 aliphatic heterocycles. The van der Waals surface area contributed by atoms with Crippen molar-refractivity contribution >= 4 is 23.2 Å². The van der Waals surface area contributed by atoms with Gasteiger partial charge in [-0.2, -0.15) is 5.10 Å². The molecule has 0 saturated carbocycles. The minimum Gasteiger partial charge on any atom is -0.356 e. The molecule has 0 unspecified atom stereocenters. The number of hydrogen-bond acceptors (Lipinski definition) is 4. The molecule has 2 heterocycles. The van der Waals surface area contributed by atoms with Gasteiger partial charge in [-0.1, -0.05) is 24.3 Å². The highest BCUT2D eigenvalue weighted by molar-refractivity contribution is 7.10. The van der Waals surface area contributed by atoms with Crippen molar-refractivity contribution in [2.45, 2.75) is 25.8 Å². The summed E-state index contributed by atoms with van der Waals surface area (Å²) in [5, 5.41) is 12.1. The molecule has 27 heavy (non-hydrogen) atoms. The molecule has 7 heteroatoms. The van der Waals surface area contributed by atoms with E-state index in [0.29, 0.717) is 13.0 Å². The average Bonchev–Trinajstić information content (AvgIpc) is 3.34. The molecule has 0 aliphatic rings. The number of benzene rings is 1. The van der Waals surface area contributed by atoms with Gasteiger partial charge < -0.3 is 10.6 Å². The van der Waals surface area contributed by atoms with E-state index >= 15 is 0 Å². The Morgan fingerprint density at radius 2 is 2.00 bits per heavy atom. The summed E-state index contributed by atoms with van der Waals surface area (Å²) in [5.74, 6) is -0.230. The molecule has 0 saturated heterocycles. The highest BCUT2D eigenvalue weighted by Crippen LogP contribution is 2.21. The van der Waals surface area contributed by atoms with Gasteiger partial charge in [0.25, 0.3) is 0 Å². The first kappa shape index (κ1) is 18.8. The van der Waals surface area contributed by atoms with Crippen molar-refractivity contribution in [2.75, 3.05) is 6.54 Å². The fourth-order valence-corrected chi connectivity index (χ4v) is 3.55. The van der Waals surface area contributed by atoms with Gasteiger partial charge in [0.1, 0.15) is 0 Å². The molecule has 1 atom stereocenters. The first-order valence-corrected chi connectivity index (χ1v) is 9.66. The van der Waals surface area contributed by atoms with Crippen LogP contribution in [0, 0.1) is 0 Å². The lowest BCUT2D eigenvalue weighted by Gasteiger charge is -2.16. The van der Waals surface area contributed by atoms with E-state index in [4.69, 9.17) is 0 Å². The number of amides is 2. The van der Waals surface area contributed by atoms with Crippen LogP contribution in [0.1, 0.15) is 29.8 Å². The average molecular weight is 382 g/mol. The zero-order chi connectivity index (χ0) is 19.1. The molecule has 2 aromatic heterocycles. The topological polar surface area (TPSA) is 76.0 Å². The van der Waals surface area contributed by atoms with E-state index < -0.39 is 0 Å². The summed E-state index contributed by atoms with van der Waals surface area (Å²) < 4.78 is 1.82. The molecule has 1 aromatic carbocycles. The zero-order valence-electron chi connectivity index (χ0n) is 15.1. The first-order chi connectivity index (χ1) is 13.1. The molecule has 2 N–H and O–H groups in total. The van der Waals surface area contributed by atoms with Crippen LogP contribution in [0.25, 0.3) is 5.69 Å². The third kappa shape index (κ3) is 5.52. The van der Waals surface area contributed by atoms with Crippen molar-refractivity contribution in [1.29, 1.82) is 0 Å². The Labute approximate surface area is 162 Å². The van der Waals surface area contributed by atoms with E-state index in [9.17, 15) is 9.59 Å². The van der Waals surface area contributed by atoms with E-state index in [0.717, 1.165) is 16.1 Å². The molecule has 3 rings (SSSR count). The molecular formula is C20H22N4O2S. The highest BCUT2D eigenvalue weighted by atomic mass is 32.1. The number of hydrogen-bond donors (Lipinski definition) is 2. The standard InChI is InChI=1S/C20H22N4O2S/c1-15(25)23-18(19-8-5-11-27-19)12-20(26)21-10-9-16-13-22-24(14-16)17-6-3-2-4-7-17/h2-8,11,13-14,18H,9-10,12H2,1H3,(H,21,26)(H,23,25)/t18-/m1/s1. The van der Waals surface area contributed by atoms with Crippen molar-refractivity contribution in [1.82, 2.24) is 20.4 Å². The van der Waals surface area contributed by atoms with Gasteiger partial charge in [-0.05, 0) is 35.6 Å². The quantitative estimate of drug-likeness (QED) is 0.629. The molecule has 0 radical (unpaired) electrons. The minimum absolute atomic E-state index is 0.0856. The van der Waals surface area contributed by atoms with Gasteiger partial charge in [-0.3, -0.25) is 9.59 Å². The number of nitrogens with one attached hydrogen (secondary N) is 2. The Kier molecular flexibility index (Phi) is 6.38. The molecule has 6 nitrogen and oxygen atoms in total. The van der Waals surface area contributed by atoms with Crippen LogP contribution >= 0.6 is 11.3 Å². The summed E-state index contributed by atoms with van der Waals surface area (Å²) in [6.07, 6.45) is 4.70. The van der Waals surface area contributed by atoms with Gasteiger partial charge in [0.15, 0.2) is 0 Å². The fourth-order valence-electron chi connectivity index (χ4n) is 2.77. The molecule has 0 fully saturated rings. The second-order valence-electron chi connectivity index (χ2n) is 6.20. The molecule has 0 bridgehead atoms. The van der Waals surface area contributed by atoms with Gasteiger partial charge in [-0.15, -0.1) is 11.3 Å². The molecule has 0 aliphatic carbocycles. The number of aromatic nitrogens is 2. The Morgan fingerprint density at radius 1 is 1.19 bits per heavy atom. The lowest BCUT2D eigenvalue weighted by molar-refractivity contribution is -0.122. The van der Waals surface area contributed by atoms with E-state index in [1.165, 1.54) is 18.3 Å². The summed E-state index contributed by atoms with van der Waals surface area (Å²) in [7, 11) is 0. The smallest absolute Gasteiger partial charge is 0.222 e. The van der Waals surface area contributed by atoms with Gasteiger partial charge in [0.05, 0.1) is 24.3 Å². The Hall–Kier alpha value is -2.93. The molecule has 2 amide bonds. The number of carbonyl (C=O) groups excluding carboxylic acids is 2.